The molecule has 0 fully saturated rings. The molecule has 126 valence electrons. The van der Waals surface area contributed by atoms with Crippen LogP contribution in [0.5, 0.6) is 0 Å². The van der Waals surface area contributed by atoms with Gasteiger partial charge in [0.05, 0.1) is 30.7 Å². The standard InChI is InChI=1S/C16H16FN3O3S/c17-12-4-1-2-6-15(12)24(22)18-9-10-20-16(21)8-7-13(19-20)14-5-3-11-23-14/h1-8,11,13,18-19H,9-10H2. The molecule has 0 spiro atoms. The summed E-state index contributed by atoms with van der Waals surface area (Å²) in [7, 11) is 0. The van der Waals surface area contributed by atoms with Gasteiger partial charge in [-0.05, 0) is 24.3 Å². The molecule has 3 rings (SSSR count). The molecule has 2 N–H and O–H groups in total. The molecule has 1 amide bonds. The van der Waals surface area contributed by atoms with Crippen LogP contribution in [0.4, 0.5) is 4.39 Å². The molecule has 1 aliphatic heterocycles. The van der Waals surface area contributed by atoms with Crippen LogP contribution >= 0.6 is 0 Å². The zero-order valence-corrected chi connectivity index (χ0v) is 13.5. The lowest BCUT2D eigenvalue weighted by atomic mass is 10.2. The van der Waals surface area contributed by atoms with Gasteiger partial charge < -0.3 is 8.97 Å². The van der Waals surface area contributed by atoms with Crippen molar-refractivity contribution in [3.8, 4) is 0 Å². The minimum Gasteiger partial charge on any atom is -0.593 e. The third-order valence-corrected chi connectivity index (χ3v) is 4.64. The highest BCUT2D eigenvalue weighted by Crippen LogP contribution is 2.18. The molecule has 2 atom stereocenters. The molecule has 2 aromatic rings. The van der Waals surface area contributed by atoms with Crippen molar-refractivity contribution in [1.29, 1.82) is 0 Å². The summed E-state index contributed by atoms with van der Waals surface area (Å²) in [5.74, 6) is -0.0563. The van der Waals surface area contributed by atoms with Crippen LogP contribution in [0.1, 0.15) is 11.8 Å². The molecule has 2 heterocycles. The number of carbonyl (C=O) groups excluding carboxylic acids is 1. The number of hydrazine groups is 1. The molecule has 1 aromatic carbocycles. The number of benzene rings is 1. The van der Waals surface area contributed by atoms with Gasteiger partial charge >= 0.3 is 0 Å². The first-order valence-corrected chi connectivity index (χ1v) is 8.49. The van der Waals surface area contributed by atoms with Gasteiger partial charge in [-0.2, -0.15) is 0 Å². The number of nitrogens with zero attached hydrogens (tertiary/aromatic N) is 1. The van der Waals surface area contributed by atoms with E-state index in [1.807, 2.05) is 6.07 Å². The van der Waals surface area contributed by atoms with Crippen LogP contribution in [-0.2, 0) is 16.2 Å². The highest BCUT2D eigenvalue weighted by molar-refractivity contribution is 7.89. The van der Waals surface area contributed by atoms with Gasteiger partial charge in [-0.1, -0.05) is 18.2 Å². The number of hydrogen-bond acceptors (Lipinski definition) is 5. The maximum Gasteiger partial charge on any atom is 0.260 e. The fraction of sp³-hybridized carbons (Fsp3) is 0.188. The summed E-state index contributed by atoms with van der Waals surface area (Å²) in [6.07, 6.45) is 4.73. The second kappa shape index (κ2) is 7.63. The van der Waals surface area contributed by atoms with Gasteiger partial charge in [0, 0.05) is 6.08 Å². The number of halogens is 1. The average Bonchev–Trinajstić information content (AvgIpc) is 3.11. The number of amides is 1. The first-order valence-electron chi connectivity index (χ1n) is 7.34. The van der Waals surface area contributed by atoms with E-state index in [2.05, 4.69) is 10.1 Å². The number of nitrogens with one attached hydrogen (secondary N) is 2. The summed E-state index contributed by atoms with van der Waals surface area (Å²) in [4.78, 5) is 12.0. The Balaban J connectivity index is 1.54. The largest absolute Gasteiger partial charge is 0.593 e. The van der Waals surface area contributed by atoms with Crippen molar-refractivity contribution in [1.82, 2.24) is 15.2 Å². The number of hydrogen-bond donors (Lipinski definition) is 2. The second-order valence-corrected chi connectivity index (χ2v) is 6.33. The summed E-state index contributed by atoms with van der Waals surface area (Å²) in [5, 5.41) is 1.40. The van der Waals surface area contributed by atoms with Crippen LogP contribution in [0.3, 0.4) is 0 Å². The van der Waals surface area contributed by atoms with Crippen LogP contribution in [0, 0.1) is 5.82 Å². The molecular formula is C16H16FN3O3S. The highest BCUT2D eigenvalue weighted by atomic mass is 32.2. The van der Waals surface area contributed by atoms with Crippen molar-refractivity contribution in [2.45, 2.75) is 10.9 Å². The lowest BCUT2D eigenvalue weighted by molar-refractivity contribution is -0.130. The number of furan rings is 1. The van der Waals surface area contributed by atoms with Crippen LogP contribution in [0.2, 0.25) is 0 Å². The summed E-state index contributed by atoms with van der Waals surface area (Å²) in [6.45, 7) is 0.499. The summed E-state index contributed by atoms with van der Waals surface area (Å²) < 4.78 is 33.6. The van der Waals surface area contributed by atoms with Crippen LogP contribution in [0.25, 0.3) is 0 Å². The predicted molar refractivity (Wildman–Crippen MR) is 86.2 cm³/mol. The van der Waals surface area contributed by atoms with Crippen molar-refractivity contribution in [3.05, 3.63) is 66.4 Å². The normalized spacial score (nSPS) is 18.8. The highest BCUT2D eigenvalue weighted by Gasteiger charge is 2.23. The molecule has 0 aliphatic carbocycles. The Kier molecular flexibility index (Phi) is 5.31. The van der Waals surface area contributed by atoms with E-state index in [0.717, 1.165) is 0 Å². The summed E-state index contributed by atoms with van der Waals surface area (Å²) in [5.41, 5.74) is 3.02. The van der Waals surface area contributed by atoms with E-state index in [4.69, 9.17) is 4.42 Å². The lowest BCUT2D eigenvalue weighted by Crippen LogP contribution is -2.49. The Morgan fingerprint density at radius 3 is 2.92 bits per heavy atom. The van der Waals surface area contributed by atoms with Gasteiger partial charge in [0.15, 0.2) is 5.82 Å². The smallest absolute Gasteiger partial charge is 0.260 e. The lowest BCUT2D eigenvalue weighted by Gasteiger charge is -2.29. The van der Waals surface area contributed by atoms with Gasteiger partial charge in [-0.15, -0.1) is 4.72 Å². The van der Waals surface area contributed by atoms with Crippen LogP contribution in [0.15, 0.2) is 64.1 Å². The SMILES string of the molecule is O=C1C=CC(c2ccco2)NN1CCN[S+]([O-])c1ccccc1F. The van der Waals surface area contributed by atoms with Crippen molar-refractivity contribution in [2.75, 3.05) is 13.1 Å². The molecule has 0 saturated carbocycles. The van der Waals surface area contributed by atoms with Crippen molar-refractivity contribution >= 4 is 17.3 Å². The van der Waals surface area contributed by atoms with E-state index in [1.165, 1.54) is 29.3 Å². The van der Waals surface area contributed by atoms with E-state index in [9.17, 15) is 13.7 Å². The van der Waals surface area contributed by atoms with Gasteiger partial charge in [-0.3, -0.25) is 9.80 Å². The molecule has 0 saturated heterocycles. The molecule has 24 heavy (non-hydrogen) atoms. The van der Waals surface area contributed by atoms with Crippen LogP contribution in [-0.4, -0.2) is 28.6 Å². The summed E-state index contributed by atoms with van der Waals surface area (Å²) in [6, 6.07) is 9.20. The van der Waals surface area contributed by atoms with Gasteiger partial charge in [0.1, 0.15) is 11.8 Å². The first-order chi connectivity index (χ1) is 11.6. The molecule has 2 unspecified atom stereocenters. The van der Waals surface area contributed by atoms with Gasteiger partial charge in [-0.25, -0.2) is 9.82 Å². The number of carbonyl (C=O) groups is 1. The third kappa shape index (κ3) is 3.85. The van der Waals surface area contributed by atoms with Crippen LogP contribution < -0.4 is 10.1 Å². The van der Waals surface area contributed by atoms with E-state index >= 15 is 0 Å². The van der Waals surface area contributed by atoms with E-state index < -0.39 is 17.2 Å². The Labute approximate surface area is 141 Å². The maximum atomic E-state index is 13.6. The Morgan fingerprint density at radius 1 is 1.33 bits per heavy atom. The Hall–Kier alpha value is -2.13. The fourth-order valence-electron chi connectivity index (χ4n) is 2.27. The van der Waals surface area contributed by atoms with Crippen molar-refractivity contribution < 1.29 is 18.2 Å². The fourth-order valence-corrected chi connectivity index (χ4v) is 3.15. The second-order valence-electron chi connectivity index (χ2n) is 5.06. The van der Waals surface area contributed by atoms with E-state index in [-0.39, 0.29) is 29.9 Å². The zero-order valence-electron chi connectivity index (χ0n) is 12.6. The maximum absolute atomic E-state index is 13.6. The first kappa shape index (κ1) is 16.7. The summed E-state index contributed by atoms with van der Waals surface area (Å²) >= 11 is -1.68. The molecule has 1 aliphatic rings. The van der Waals surface area contributed by atoms with Crippen molar-refractivity contribution in [3.63, 3.8) is 0 Å². The molecule has 1 aromatic heterocycles. The third-order valence-electron chi connectivity index (χ3n) is 3.45. The minimum atomic E-state index is -1.68. The predicted octanol–water partition coefficient (Wildman–Crippen LogP) is 1.68. The average molecular weight is 349 g/mol. The van der Waals surface area contributed by atoms with E-state index in [0.29, 0.717) is 5.76 Å². The topological polar surface area (TPSA) is 80.6 Å². The zero-order chi connectivity index (χ0) is 16.9. The Morgan fingerprint density at radius 2 is 2.17 bits per heavy atom. The Bertz CT molecular complexity index is 723. The molecule has 0 bridgehead atoms. The molecule has 8 heteroatoms. The molecule has 0 radical (unpaired) electrons. The monoisotopic (exact) mass is 349 g/mol. The minimum absolute atomic E-state index is 0.0868. The van der Waals surface area contributed by atoms with Gasteiger partial charge in [0.25, 0.3) is 5.91 Å². The number of rotatable bonds is 6. The van der Waals surface area contributed by atoms with E-state index in [1.54, 1.807) is 24.5 Å². The quantitative estimate of drug-likeness (QED) is 0.776. The van der Waals surface area contributed by atoms with Crippen molar-refractivity contribution in [2.24, 2.45) is 0 Å². The molecular weight excluding hydrogens is 333 g/mol. The van der Waals surface area contributed by atoms with Gasteiger partial charge in [0.2, 0.25) is 4.90 Å². The molecule has 6 nitrogen and oxygen atoms in total.